The number of ether oxygens (including phenoxy) is 2. The summed E-state index contributed by atoms with van der Waals surface area (Å²) >= 11 is 5.42. The van der Waals surface area contributed by atoms with Gasteiger partial charge in [0.1, 0.15) is 6.07 Å². The van der Waals surface area contributed by atoms with Crippen LogP contribution in [0.1, 0.15) is 5.82 Å². The second kappa shape index (κ2) is 7.79. The maximum atomic E-state index is 8.33. The molecule has 98 valence electrons. The van der Waals surface area contributed by atoms with Gasteiger partial charge in [-0.05, 0) is 11.6 Å². The maximum absolute atomic E-state index is 8.33. The molecule has 7 nitrogen and oxygen atoms in total. The van der Waals surface area contributed by atoms with Crippen molar-refractivity contribution in [3.05, 3.63) is 35.6 Å². The van der Waals surface area contributed by atoms with Gasteiger partial charge in [0.2, 0.25) is 22.9 Å². The quantitative estimate of drug-likeness (QED) is 0.769. The lowest BCUT2D eigenvalue weighted by atomic mass is 10.6. The first-order valence-corrected chi connectivity index (χ1v) is 5.37. The number of nitriles is 1. The summed E-state index contributed by atoms with van der Waals surface area (Å²) in [5.74, 6) is 1.01. The van der Waals surface area contributed by atoms with Gasteiger partial charge in [0.25, 0.3) is 0 Å². The average molecular weight is 280 g/mol. The predicted molar refractivity (Wildman–Crippen MR) is 66.9 cm³/mol. The van der Waals surface area contributed by atoms with Crippen LogP contribution in [0.2, 0.25) is 5.28 Å². The Morgan fingerprint density at radius 2 is 1.63 bits per heavy atom. The Morgan fingerprint density at radius 3 is 2.11 bits per heavy atom. The van der Waals surface area contributed by atoms with E-state index in [-0.39, 0.29) is 11.1 Å². The Kier molecular flexibility index (Phi) is 5.98. The molecule has 0 saturated carbocycles. The highest BCUT2D eigenvalue weighted by atomic mass is 35.5. The first-order valence-electron chi connectivity index (χ1n) is 4.99. The molecule has 0 bridgehead atoms. The van der Waals surface area contributed by atoms with Crippen molar-refractivity contribution in [1.82, 2.24) is 19.9 Å². The van der Waals surface area contributed by atoms with Crippen molar-refractivity contribution < 1.29 is 9.47 Å². The summed E-state index contributed by atoms with van der Waals surface area (Å²) in [5, 5.41) is 8.53. The lowest BCUT2D eigenvalue weighted by Gasteiger charge is -1.94. The summed E-state index contributed by atoms with van der Waals surface area (Å²) in [6, 6.07) is 5.01. The summed E-state index contributed by atoms with van der Waals surface area (Å²) in [7, 11) is 3.02. The van der Waals surface area contributed by atoms with E-state index in [9.17, 15) is 0 Å². The third kappa shape index (κ3) is 5.14. The molecule has 0 N–H and O–H groups in total. The van der Waals surface area contributed by atoms with Crippen LogP contribution in [0.4, 0.5) is 0 Å². The highest BCUT2D eigenvalue weighted by Gasteiger charge is 1.94. The molecule has 0 atom stereocenters. The fraction of sp³-hybridized carbons (Fsp3) is 0.182. The second-order valence-corrected chi connectivity index (χ2v) is 3.24. The van der Waals surface area contributed by atoms with Crippen LogP contribution in [0.25, 0.3) is 0 Å². The van der Waals surface area contributed by atoms with Crippen molar-refractivity contribution in [2.24, 2.45) is 0 Å². The van der Waals surface area contributed by atoms with Crippen molar-refractivity contribution >= 4 is 11.6 Å². The standard InChI is InChI=1S/C6H5N3O.C5H5ClN2O/c1-10-6-2-3-8-5(4-7)9-6;1-9-4-2-3-7-5(6)8-4/h2-3H,1H3;2-3H,1H3. The molecule has 0 spiro atoms. The molecule has 2 heterocycles. The van der Waals surface area contributed by atoms with Gasteiger partial charge in [-0.3, -0.25) is 0 Å². The first-order chi connectivity index (χ1) is 9.19. The van der Waals surface area contributed by atoms with Crippen LogP contribution in [-0.2, 0) is 0 Å². The molecular formula is C11H10ClN5O2. The Hall–Kier alpha value is -2.46. The molecule has 0 saturated heterocycles. The van der Waals surface area contributed by atoms with E-state index in [1.807, 2.05) is 0 Å². The Balaban J connectivity index is 0.000000191. The molecule has 19 heavy (non-hydrogen) atoms. The minimum atomic E-state index is 0.124. The molecule has 0 aliphatic rings. The molecule has 0 aliphatic carbocycles. The van der Waals surface area contributed by atoms with Crippen molar-refractivity contribution in [2.45, 2.75) is 0 Å². The molecule has 2 rings (SSSR count). The smallest absolute Gasteiger partial charge is 0.235 e. The van der Waals surface area contributed by atoms with Crippen LogP contribution in [0.3, 0.4) is 0 Å². The molecule has 0 aliphatic heterocycles. The third-order valence-electron chi connectivity index (χ3n) is 1.75. The fourth-order valence-electron chi connectivity index (χ4n) is 0.943. The first kappa shape index (κ1) is 14.6. The molecule has 8 heteroatoms. The Bertz CT molecular complexity index is 573. The molecule has 0 unspecified atom stereocenters. The Labute approximate surface area is 114 Å². The number of hydrogen-bond acceptors (Lipinski definition) is 7. The van der Waals surface area contributed by atoms with E-state index in [2.05, 4.69) is 19.9 Å². The van der Waals surface area contributed by atoms with Crippen molar-refractivity contribution in [3.63, 3.8) is 0 Å². The lowest BCUT2D eigenvalue weighted by molar-refractivity contribution is 0.396. The molecule has 2 aromatic rings. The van der Waals surface area contributed by atoms with Crippen LogP contribution in [-0.4, -0.2) is 34.2 Å². The molecule has 0 radical (unpaired) electrons. The topological polar surface area (TPSA) is 93.8 Å². The van der Waals surface area contributed by atoms with E-state index in [1.54, 1.807) is 18.2 Å². The zero-order valence-electron chi connectivity index (χ0n) is 10.2. The van der Waals surface area contributed by atoms with Gasteiger partial charge in [0.15, 0.2) is 0 Å². The summed E-state index contributed by atoms with van der Waals surface area (Å²) < 4.78 is 9.51. The summed E-state index contributed by atoms with van der Waals surface area (Å²) in [4.78, 5) is 14.8. The van der Waals surface area contributed by atoms with E-state index in [1.165, 1.54) is 26.6 Å². The predicted octanol–water partition coefficient (Wildman–Crippen LogP) is 1.50. The normalized spacial score (nSPS) is 8.74. The molecule has 2 aromatic heterocycles. The fourth-order valence-corrected chi connectivity index (χ4v) is 1.08. The van der Waals surface area contributed by atoms with Crippen molar-refractivity contribution in [2.75, 3.05) is 14.2 Å². The van der Waals surface area contributed by atoms with E-state index in [4.69, 9.17) is 26.3 Å². The van der Waals surface area contributed by atoms with Gasteiger partial charge in [0.05, 0.1) is 14.2 Å². The minimum absolute atomic E-state index is 0.124. The number of halogens is 1. The van der Waals surface area contributed by atoms with Gasteiger partial charge in [-0.15, -0.1) is 0 Å². The van der Waals surface area contributed by atoms with E-state index in [0.29, 0.717) is 11.8 Å². The maximum Gasteiger partial charge on any atom is 0.235 e. The third-order valence-corrected chi connectivity index (χ3v) is 1.93. The summed E-state index contributed by atoms with van der Waals surface area (Å²) in [5.41, 5.74) is 0. The van der Waals surface area contributed by atoms with Crippen LogP contribution in [0, 0.1) is 11.3 Å². The van der Waals surface area contributed by atoms with Gasteiger partial charge in [-0.25, -0.2) is 9.97 Å². The number of aromatic nitrogens is 4. The lowest BCUT2D eigenvalue weighted by Crippen LogP contribution is -1.91. The number of rotatable bonds is 2. The van der Waals surface area contributed by atoms with Gasteiger partial charge in [-0.2, -0.15) is 15.2 Å². The number of hydrogen-bond donors (Lipinski definition) is 0. The van der Waals surface area contributed by atoms with Gasteiger partial charge < -0.3 is 9.47 Å². The van der Waals surface area contributed by atoms with E-state index in [0.717, 1.165) is 0 Å². The van der Waals surface area contributed by atoms with Crippen LogP contribution in [0.15, 0.2) is 24.5 Å². The summed E-state index contributed by atoms with van der Waals surface area (Å²) in [6.07, 6.45) is 3.01. The van der Waals surface area contributed by atoms with Crippen LogP contribution < -0.4 is 9.47 Å². The molecular weight excluding hydrogens is 270 g/mol. The monoisotopic (exact) mass is 279 g/mol. The second-order valence-electron chi connectivity index (χ2n) is 2.90. The number of nitrogens with zero attached hydrogens (tertiary/aromatic N) is 5. The van der Waals surface area contributed by atoms with Gasteiger partial charge in [-0.1, -0.05) is 0 Å². The highest BCUT2D eigenvalue weighted by molar-refractivity contribution is 6.28. The van der Waals surface area contributed by atoms with E-state index >= 15 is 0 Å². The number of methoxy groups -OCH3 is 2. The van der Waals surface area contributed by atoms with E-state index < -0.39 is 0 Å². The minimum Gasteiger partial charge on any atom is -0.481 e. The molecule has 0 aromatic carbocycles. The zero-order valence-corrected chi connectivity index (χ0v) is 11.0. The average Bonchev–Trinajstić information content (AvgIpc) is 2.48. The molecule has 0 amide bonds. The van der Waals surface area contributed by atoms with Crippen molar-refractivity contribution in [3.8, 4) is 17.8 Å². The Morgan fingerprint density at radius 1 is 1.05 bits per heavy atom. The van der Waals surface area contributed by atoms with Gasteiger partial charge >= 0.3 is 0 Å². The summed E-state index contributed by atoms with van der Waals surface area (Å²) in [6.45, 7) is 0. The molecule has 0 fully saturated rings. The SMILES string of the molecule is COc1ccnc(C#N)n1.COc1ccnc(Cl)n1. The van der Waals surface area contributed by atoms with Crippen molar-refractivity contribution in [1.29, 1.82) is 5.26 Å². The van der Waals surface area contributed by atoms with Crippen LogP contribution >= 0.6 is 11.6 Å². The van der Waals surface area contributed by atoms with Gasteiger partial charge in [0, 0.05) is 24.5 Å². The zero-order chi connectivity index (χ0) is 14.1. The van der Waals surface area contributed by atoms with Crippen LogP contribution in [0.5, 0.6) is 11.8 Å². The largest absolute Gasteiger partial charge is 0.481 e. The highest BCUT2D eigenvalue weighted by Crippen LogP contribution is 2.06.